The van der Waals surface area contributed by atoms with Crippen molar-refractivity contribution in [1.29, 1.82) is 0 Å². The number of para-hydroxylation sites is 1. The Morgan fingerprint density at radius 2 is 1.07 bits per heavy atom. The fourth-order valence-electron chi connectivity index (χ4n) is 5.37. The molecule has 1 heterocycles. The van der Waals surface area contributed by atoms with Gasteiger partial charge in [-0.1, -0.05) is 78.4 Å². The number of phenols is 2. The molecule has 0 radical (unpaired) electrons. The average Bonchev–Trinajstić information content (AvgIpc) is 3.08. The quantitative estimate of drug-likeness (QED) is 0.112. The molecule has 8 heteroatoms. The third-order valence-electron chi connectivity index (χ3n) is 8.46. The van der Waals surface area contributed by atoms with Crippen LogP contribution in [-0.2, 0) is 0 Å². The second-order valence-corrected chi connectivity index (χ2v) is 11.8. The number of rotatable bonds is 18. The Hall–Kier alpha value is -4.33. The number of aromatic nitrogens is 3. The number of methoxy groups -OCH3 is 1. The summed E-state index contributed by atoms with van der Waals surface area (Å²) in [5.74, 6) is 3.54. The monoisotopic (exact) mass is 627 g/mol. The summed E-state index contributed by atoms with van der Waals surface area (Å²) in [6, 6.07) is 17.8. The van der Waals surface area contributed by atoms with Crippen LogP contribution in [0.3, 0.4) is 0 Å². The minimum Gasteiger partial charge on any atom is -0.507 e. The molecule has 0 aliphatic rings. The van der Waals surface area contributed by atoms with Crippen molar-refractivity contribution in [2.75, 3.05) is 20.3 Å². The predicted molar refractivity (Wildman–Crippen MR) is 184 cm³/mol. The predicted octanol–water partition coefficient (Wildman–Crippen LogP) is 9.48. The molecule has 0 fully saturated rings. The number of hydrogen-bond acceptors (Lipinski definition) is 8. The maximum Gasteiger partial charge on any atom is 0.167 e. The summed E-state index contributed by atoms with van der Waals surface area (Å²) in [5.41, 5.74) is 1.49. The lowest BCUT2D eigenvalue weighted by Gasteiger charge is -2.17. The molecule has 0 saturated heterocycles. The molecule has 0 bridgehead atoms. The lowest BCUT2D eigenvalue weighted by atomic mass is 10.0. The van der Waals surface area contributed by atoms with Crippen LogP contribution in [0.5, 0.6) is 28.7 Å². The summed E-state index contributed by atoms with van der Waals surface area (Å²) >= 11 is 0. The molecule has 2 atom stereocenters. The summed E-state index contributed by atoms with van der Waals surface area (Å²) in [7, 11) is 1.59. The highest BCUT2D eigenvalue weighted by molar-refractivity contribution is 5.74. The molecular formula is C38H49N3O5. The summed E-state index contributed by atoms with van der Waals surface area (Å²) in [6.07, 6.45) is 8.99. The molecule has 8 nitrogen and oxygen atoms in total. The zero-order valence-electron chi connectivity index (χ0n) is 28.0. The summed E-state index contributed by atoms with van der Waals surface area (Å²) < 4.78 is 17.7. The number of hydrogen-bond donors (Lipinski definition) is 2. The molecule has 0 saturated carbocycles. The van der Waals surface area contributed by atoms with E-state index >= 15 is 0 Å². The highest BCUT2D eigenvalue weighted by Crippen LogP contribution is 2.37. The van der Waals surface area contributed by atoms with Crippen molar-refractivity contribution in [3.8, 4) is 62.9 Å². The van der Waals surface area contributed by atoms with E-state index in [9.17, 15) is 10.2 Å². The largest absolute Gasteiger partial charge is 0.507 e. The van der Waals surface area contributed by atoms with E-state index in [-0.39, 0.29) is 23.1 Å². The smallest absolute Gasteiger partial charge is 0.167 e. The lowest BCUT2D eigenvalue weighted by Crippen LogP contribution is -2.11. The van der Waals surface area contributed by atoms with Gasteiger partial charge in [-0.05, 0) is 61.1 Å². The Labute approximate surface area is 273 Å². The molecular weight excluding hydrogens is 578 g/mol. The molecule has 0 aliphatic carbocycles. The van der Waals surface area contributed by atoms with Gasteiger partial charge < -0.3 is 24.4 Å². The van der Waals surface area contributed by atoms with Gasteiger partial charge in [-0.15, -0.1) is 0 Å². The van der Waals surface area contributed by atoms with Crippen LogP contribution >= 0.6 is 0 Å². The average molecular weight is 628 g/mol. The van der Waals surface area contributed by atoms with Gasteiger partial charge in [-0.2, -0.15) is 0 Å². The topological polar surface area (TPSA) is 107 Å². The van der Waals surface area contributed by atoms with E-state index in [0.29, 0.717) is 64.8 Å². The SMILES string of the molecule is CCCCC(CC)COc1ccc(-c2nc(-c3ccc(OCC(CC)CCCC)cc3O)nc(-c3ccccc3OC)n2)c(O)c1. The van der Waals surface area contributed by atoms with Crippen LogP contribution in [-0.4, -0.2) is 45.5 Å². The van der Waals surface area contributed by atoms with Crippen molar-refractivity contribution in [2.24, 2.45) is 11.8 Å². The Balaban J connectivity index is 1.67. The third kappa shape index (κ3) is 9.12. The van der Waals surface area contributed by atoms with Gasteiger partial charge in [-0.3, -0.25) is 0 Å². The minimum atomic E-state index is -0.0104. The molecule has 46 heavy (non-hydrogen) atoms. The van der Waals surface area contributed by atoms with Gasteiger partial charge in [0.1, 0.15) is 28.7 Å². The first-order chi connectivity index (χ1) is 22.4. The van der Waals surface area contributed by atoms with Crippen LogP contribution in [0.4, 0.5) is 0 Å². The Bertz CT molecular complexity index is 1460. The van der Waals surface area contributed by atoms with E-state index in [1.54, 1.807) is 31.4 Å². The number of benzene rings is 3. The molecule has 0 spiro atoms. The molecule has 0 aliphatic heterocycles. The van der Waals surface area contributed by atoms with Gasteiger partial charge in [0.2, 0.25) is 0 Å². The molecule has 3 aromatic carbocycles. The van der Waals surface area contributed by atoms with Crippen LogP contribution in [0.2, 0.25) is 0 Å². The van der Waals surface area contributed by atoms with Crippen molar-refractivity contribution in [1.82, 2.24) is 15.0 Å². The lowest BCUT2D eigenvalue weighted by molar-refractivity contribution is 0.232. The minimum absolute atomic E-state index is 0.0104. The van der Waals surface area contributed by atoms with E-state index in [1.165, 1.54) is 12.8 Å². The highest BCUT2D eigenvalue weighted by atomic mass is 16.5. The molecule has 2 N–H and O–H groups in total. The van der Waals surface area contributed by atoms with Gasteiger partial charge in [0, 0.05) is 12.1 Å². The third-order valence-corrected chi connectivity index (χ3v) is 8.46. The van der Waals surface area contributed by atoms with Gasteiger partial charge in [0.15, 0.2) is 17.5 Å². The highest BCUT2D eigenvalue weighted by Gasteiger charge is 2.19. The number of ether oxygens (including phenoxy) is 3. The van der Waals surface area contributed by atoms with Crippen molar-refractivity contribution < 1.29 is 24.4 Å². The summed E-state index contributed by atoms with van der Waals surface area (Å²) in [4.78, 5) is 14.2. The first-order valence-corrected chi connectivity index (χ1v) is 16.7. The number of nitrogens with zero attached hydrogens (tertiary/aromatic N) is 3. The van der Waals surface area contributed by atoms with E-state index in [0.717, 1.165) is 38.5 Å². The van der Waals surface area contributed by atoms with Crippen molar-refractivity contribution in [3.63, 3.8) is 0 Å². The van der Waals surface area contributed by atoms with Gasteiger partial charge in [-0.25, -0.2) is 15.0 Å². The molecule has 4 rings (SSSR count). The molecule has 1 aromatic heterocycles. The molecule has 246 valence electrons. The van der Waals surface area contributed by atoms with Gasteiger partial charge in [0.25, 0.3) is 0 Å². The van der Waals surface area contributed by atoms with E-state index in [1.807, 2.05) is 36.4 Å². The Morgan fingerprint density at radius 3 is 1.48 bits per heavy atom. The zero-order chi connectivity index (χ0) is 32.9. The zero-order valence-corrected chi connectivity index (χ0v) is 28.0. The van der Waals surface area contributed by atoms with Crippen LogP contribution in [0, 0.1) is 11.8 Å². The Kier molecular flexibility index (Phi) is 13.1. The van der Waals surface area contributed by atoms with Crippen molar-refractivity contribution in [2.45, 2.75) is 79.1 Å². The van der Waals surface area contributed by atoms with E-state index < -0.39 is 0 Å². The summed E-state index contributed by atoms with van der Waals surface area (Å²) in [5, 5.41) is 22.3. The second-order valence-electron chi connectivity index (χ2n) is 11.8. The number of aromatic hydroxyl groups is 2. The number of unbranched alkanes of at least 4 members (excludes halogenated alkanes) is 2. The normalized spacial score (nSPS) is 12.5. The van der Waals surface area contributed by atoms with Crippen molar-refractivity contribution in [3.05, 3.63) is 60.7 Å². The maximum atomic E-state index is 11.1. The molecule has 0 amide bonds. The van der Waals surface area contributed by atoms with Gasteiger partial charge in [0.05, 0.1) is 37.0 Å². The van der Waals surface area contributed by atoms with Crippen LogP contribution in [0.15, 0.2) is 60.7 Å². The second kappa shape index (κ2) is 17.4. The summed E-state index contributed by atoms with van der Waals surface area (Å²) in [6.45, 7) is 9.94. The van der Waals surface area contributed by atoms with Crippen molar-refractivity contribution >= 4 is 0 Å². The van der Waals surface area contributed by atoms with Crippen LogP contribution in [0.25, 0.3) is 34.2 Å². The van der Waals surface area contributed by atoms with Crippen LogP contribution in [0.1, 0.15) is 79.1 Å². The Morgan fingerprint density at radius 1 is 0.609 bits per heavy atom. The molecule has 2 unspecified atom stereocenters. The fourth-order valence-corrected chi connectivity index (χ4v) is 5.37. The first kappa shape index (κ1) is 34.5. The standard InChI is InChI=1S/C38H49N3O5/c1-6-10-14-26(8-3)24-45-28-18-20-30(33(42)22-28)36-39-37(41-38(40-36)32-16-12-13-17-35(32)44-5)31-21-19-29(23-34(31)43)46-25-27(9-4)15-11-7-2/h12-13,16-23,26-27,42-43H,6-11,14-15,24-25H2,1-5H3. The molecule has 4 aromatic rings. The fraction of sp³-hybridized carbons (Fsp3) is 0.447. The van der Waals surface area contributed by atoms with Crippen LogP contribution < -0.4 is 14.2 Å². The first-order valence-electron chi connectivity index (χ1n) is 16.7. The number of phenolic OH excluding ortho intramolecular Hbond substituents is 2. The van der Waals surface area contributed by atoms with E-state index in [4.69, 9.17) is 29.2 Å². The van der Waals surface area contributed by atoms with E-state index in [2.05, 4.69) is 27.7 Å². The maximum absolute atomic E-state index is 11.1. The van der Waals surface area contributed by atoms with Gasteiger partial charge >= 0.3 is 0 Å².